The van der Waals surface area contributed by atoms with E-state index in [-0.39, 0.29) is 0 Å². The lowest BCUT2D eigenvalue weighted by molar-refractivity contribution is 1.08. The number of thiophene rings is 1. The minimum atomic E-state index is 0.659. The normalized spacial score (nSPS) is 11.6. The molecule has 0 aliphatic carbocycles. The van der Waals surface area contributed by atoms with Gasteiger partial charge in [-0.3, -0.25) is 0 Å². The lowest BCUT2D eigenvalue weighted by Gasteiger charge is -2.12. The number of rotatable bonds is 4. The second-order valence-corrected chi connectivity index (χ2v) is 12.3. The Kier molecular flexibility index (Phi) is 6.00. The molecule has 2 aromatic heterocycles. The average Bonchev–Trinajstić information content (AvgIpc) is 3.50. The zero-order valence-corrected chi connectivity index (χ0v) is 25.0. The minimum Gasteiger partial charge on any atom is -0.208 e. The van der Waals surface area contributed by atoms with Crippen molar-refractivity contribution >= 4 is 53.1 Å². The Morgan fingerprint density at radius 3 is 1.84 bits per heavy atom. The van der Waals surface area contributed by atoms with Crippen LogP contribution in [0.25, 0.3) is 87.0 Å². The molecule has 210 valence electrons. The van der Waals surface area contributed by atoms with E-state index < -0.39 is 0 Å². The van der Waals surface area contributed by atoms with Crippen molar-refractivity contribution in [1.29, 1.82) is 0 Å². The SMILES string of the molecule is c1ccc(-c2cccc3cc(-c4nc(-c5ccc6ccccc6c5)nc(-c5cccc6sc7ccccc7c56)n4)ccc23)cc1. The fraction of sp³-hybridized carbons (Fsp3) is 0. The van der Waals surface area contributed by atoms with Crippen molar-refractivity contribution in [1.82, 2.24) is 15.0 Å². The molecule has 2 heterocycles. The van der Waals surface area contributed by atoms with Gasteiger partial charge in [0.1, 0.15) is 0 Å². The third kappa shape index (κ3) is 4.46. The van der Waals surface area contributed by atoms with Gasteiger partial charge in [-0.15, -0.1) is 11.3 Å². The molecule has 3 nitrogen and oxygen atoms in total. The largest absolute Gasteiger partial charge is 0.208 e. The molecule has 0 amide bonds. The number of nitrogens with zero attached hydrogens (tertiary/aromatic N) is 3. The second kappa shape index (κ2) is 10.5. The number of hydrogen-bond donors (Lipinski definition) is 0. The monoisotopic (exact) mass is 591 g/mol. The van der Waals surface area contributed by atoms with Gasteiger partial charge in [-0.2, -0.15) is 0 Å². The molecule has 0 unspecified atom stereocenters. The van der Waals surface area contributed by atoms with Gasteiger partial charge in [-0.1, -0.05) is 127 Å². The summed E-state index contributed by atoms with van der Waals surface area (Å²) in [6.45, 7) is 0. The van der Waals surface area contributed by atoms with Gasteiger partial charge in [-0.25, -0.2) is 15.0 Å². The number of fused-ring (bicyclic) bond motifs is 5. The van der Waals surface area contributed by atoms with E-state index in [2.05, 4.69) is 152 Å². The first kappa shape index (κ1) is 25.8. The highest BCUT2D eigenvalue weighted by Gasteiger charge is 2.17. The summed E-state index contributed by atoms with van der Waals surface area (Å²) < 4.78 is 2.48. The van der Waals surface area contributed by atoms with Crippen molar-refractivity contribution in [2.75, 3.05) is 0 Å². The standard InChI is InChI=1S/C41H25N3S/c1-2-11-27(12-3-1)32-16-8-14-29-25-31(22-23-33(29)32)40-42-39(30-21-20-26-10-4-5-13-28(26)24-30)43-41(44-40)35-17-9-19-37-38(35)34-15-6-7-18-36(34)45-37/h1-25H. The Hall–Kier alpha value is -5.71. The quantitative estimate of drug-likeness (QED) is 0.204. The highest BCUT2D eigenvalue weighted by atomic mass is 32.1. The number of benzene rings is 7. The Balaban J connectivity index is 1.27. The zero-order valence-electron chi connectivity index (χ0n) is 24.2. The van der Waals surface area contributed by atoms with Gasteiger partial charge >= 0.3 is 0 Å². The van der Waals surface area contributed by atoms with Crippen LogP contribution >= 0.6 is 11.3 Å². The van der Waals surface area contributed by atoms with E-state index >= 15 is 0 Å². The van der Waals surface area contributed by atoms with Crippen molar-refractivity contribution in [3.8, 4) is 45.3 Å². The van der Waals surface area contributed by atoms with Crippen molar-refractivity contribution in [3.63, 3.8) is 0 Å². The van der Waals surface area contributed by atoms with Crippen LogP contribution in [0.1, 0.15) is 0 Å². The first-order valence-electron chi connectivity index (χ1n) is 15.0. The van der Waals surface area contributed by atoms with E-state index in [0.29, 0.717) is 17.5 Å². The maximum atomic E-state index is 5.17. The summed E-state index contributed by atoms with van der Waals surface area (Å²) in [7, 11) is 0. The Morgan fingerprint density at radius 1 is 0.356 bits per heavy atom. The molecule has 0 atom stereocenters. The summed E-state index contributed by atoms with van der Waals surface area (Å²) in [5.41, 5.74) is 5.36. The molecule has 45 heavy (non-hydrogen) atoms. The van der Waals surface area contributed by atoms with Crippen LogP contribution in [0.4, 0.5) is 0 Å². The second-order valence-electron chi connectivity index (χ2n) is 11.3. The molecule has 9 aromatic rings. The van der Waals surface area contributed by atoms with Crippen LogP contribution < -0.4 is 0 Å². The van der Waals surface area contributed by atoms with Crippen molar-refractivity contribution in [2.45, 2.75) is 0 Å². The van der Waals surface area contributed by atoms with Crippen molar-refractivity contribution in [3.05, 3.63) is 152 Å². The summed E-state index contributed by atoms with van der Waals surface area (Å²) in [6, 6.07) is 53.3. The molecule has 0 fully saturated rings. The van der Waals surface area contributed by atoms with Crippen LogP contribution in [-0.2, 0) is 0 Å². The maximum absolute atomic E-state index is 5.17. The smallest absolute Gasteiger partial charge is 0.164 e. The lowest BCUT2D eigenvalue weighted by atomic mass is 9.97. The molecular weight excluding hydrogens is 567 g/mol. The molecule has 7 aromatic carbocycles. The van der Waals surface area contributed by atoms with E-state index in [1.54, 1.807) is 11.3 Å². The number of hydrogen-bond acceptors (Lipinski definition) is 4. The van der Waals surface area contributed by atoms with Gasteiger partial charge < -0.3 is 0 Å². The van der Waals surface area contributed by atoms with E-state index in [1.165, 1.54) is 42.1 Å². The average molecular weight is 592 g/mol. The van der Waals surface area contributed by atoms with Gasteiger partial charge in [0.05, 0.1) is 0 Å². The first-order chi connectivity index (χ1) is 22.3. The molecule has 0 spiro atoms. The first-order valence-corrected chi connectivity index (χ1v) is 15.8. The van der Waals surface area contributed by atoms with Crippen molar-refractivity contribution in [2.24, 2.45) is 0 Å². The molecular formula is C41H25N3S. The fourth-order valence-corrected chi connectivity index (χ4v) is 7.47. The topological polar surface area (TPSA) is 38.7 Å². The van der Waals surface area contributed by atoms with Crippen LogP contribution in [-0.4, -0.2) is 15.0 Å². The third-order valence-corrected chi connectivity index (χ3v) is 9.65. The molecule has 4 heteroatoms. The van der Waals surface area contributed by atoms with Crippen LogP contribution in [0, 0.1) is 0 Å². The van der Waals surface area contributed by atoms with Gasteiger partial charge in [0, 0.05) is 36.9 Å². The maximum Gasteiger partial charge on any atom is 0.164 e. The van der Waals surface area contributed by atoms with Crippen LogP contribution in [0.5, 0.6) is 0 Å². The van der Waals surface area contributed by atoms with E-state index in [1.807, 2.05) is 0 Å². The lowest BCUT2D eigenvalue weighted by Crippen LogP contribution is -2.00. The highest BCUT2D eigenvalue weighted by molar-refractivity contribution is 7.25. The molecule has 0 saturated heterocycles. The Labute approximate surface area is 264 Å². The molecule has 0 bridgehead atoms. The zero-order chi connectivity index (χ0) is 29.7. The van der Waals surface area contributed by atoms with Gasteiger partial charge in [0.15, 0.2) is 17.5 Å². The summed E-state index contributed by atoms with van der Waals surface area (Å²) in [6.07, 6.45) is 0. The molecule has 0 saturated carbocycles. The van der Waals surface area contributed by atoms with Crippen LogP contribution in [0.2, 0.25) is 0 Å². The molecule has 0 aliphatic heterocycles. The van der Waals surface area contributed by atoms with E-state index in [0.717, 1.165) is 27.5 Å². The van der Waals surface area contributed by atoms with E-state index in [4.69, 9.17) is 15.0 Å². The summed E-state index contributed by atoms with van der Waals surface area (Å²) >= 11 is 1.80. The molecule has 9 rings (SSSR count). The Bertz CT molecular complexity index is 2550. The van der Waals surface area contributed by atoms with Gasteiger partial charge in [0.2, 0.25) is 0 Å². The van der Waals surface area contributed by atoms with Gasteiger partial charge in [0.25, 0.3) is 0 Å². The highest BCUT2D eigenvalue weighted by Crippen LogP contribution is 2.40. The van der Waals surface area contributed by atoms with Crippen LogP contribution in [0.3, 0.4) is 0 Å². The Morgan fingerprint density at radius 2 is 0.978 bits per heavy atom. The van der Waals surface area contributed by atoms with Gasteiger partial charge in [-0.05, 0) is 56.9 Å². The predicted molar refractivity (Wildman–Crippen MR) is 189 cm³/mol. The molecule has 0 aliphatic rings. The minimum absolute atomic E-state index is 0.659. The summed E-state index contributed by atoms with van der Waals surface area (Å²) in [5, 5.41) is 7.10. The molecule has 0 radical (unpaired) electrons. The van der Waals surface area contributed by atoms with E-state index in [9.17, 15) is 0 Å². The van der Waals surface area contributed by atoms with Crippen LogP contribution in [0.15, 0.2) is 152 Å². The third-order valence-electron chi connectivity index (χ3n) is 8.51. The van der Waals surface area contributed by atoms with Crippen molar-refractivity contribution < 1.29 is 0 Å². The molecule has 0 N–H and O–H groups in total. The summed E-state index contributed by atoms with van der Waals surface area (Å²) in [4.78, 5) is 15.4. The fourth-order valence-electron chi connectivity index (χ4n) is 6.34. The number of aromatic nitrogens is 3. The summed E-state index contributed by atoms with van der Waals surface area (Å²) in [5.74, 6) is 2.00. The predicted octanol–water partition coefficient (Wildman–Crippen LogP) is 11.2.